The summed E-state index contributed by atoms with van der Waals surface area (Å²) in [6.45, 7) is 10.1. The summed E-state index contributed by atoms with van der Waals surface area (Å²) in [6, 6.07) is 18.0. The minimum Gasteiger partial charge on any atom is -0.481 e. The summed E-state index contributed by atoms with van der Waals surface area (Å²) in [6.07, 6.45) is 0.261. The number of halogens is 1. The smallest absolute Gasteiger partial charge is 0.336 e. The van der Waals surface area contributed by atoms with Crippen LogP contribution in [0.15, 0.2) is 57.9 Å². The van der Waals surface area contributed by atoms with Gasteiger partial charge < -0.3 is 25.3 Å². The third-order valence-electron chi connectivity index (χ3n) is 5.97. The van der Waals surface area contributed by atoms with Gasteiger partial charge in [0, 0.05) is 21.7 Å². The zero-order valence-corrected chi connectivity index (χ0v) is 26.4. The second-order valence-electron chi connectivity index (χ2n) is 9.08. The van der Waals surface area contributed by atoms with E-state index in [1.165, 1.54) is 34.6 Å². The van der Waals surface area contributed by atoms with Gasteiger partial charge in [-0.3, -0.25) is 9.59 Å². The number of benzene rings is 2. The summed E-state index contributed by atoms with van der Waals surface area (Å²) in [5.41, 5.74) is 0.0373. The minimum absolute atomic E-state index is 0.382. The van der Waals surface area contributed by atoms with Gasteiger partial charge in [0.2, 0.25) is 0 Å². The lowest BCUT2D eigenvalue weighted by molar-refractivity contribution is -0.170. The molecule has 0 radical (unpaired) electrons. The maximum Gasteiger partial charge on any atom is 0.336 e. The third kappa shape index (κ3) is 13.5. The van der Waals surface area contributed by atoms with Crippen LogP contribution in [0, 0.1) is 0 Å². The molecule has 11 heteroatoms. The van der Waals surface area contributed by atoms with E-state index in [1.807, 2.05) is 11.8 Å². The Morgan fingerprint density at radius 3 is 1.98 bits per heavy atom. The number of nitrogens with zero attached hydrogens (tertiary/aromatic N) is 1. The van der Waals surface area contributed by atoms with Crippen LogP contribution in [-0.4, -0.2) is 80.0 Å². The lowest BCUT2D eigenvalue weighted by Crippen LogP contribution is -2.42. The fraction of sp³-hybridized carbons (Fsp3) is 0.483. The predicted molar refractivity (Wildman–Crippen MR) is 165 cm³/mol. The largest absolute Gasteiger partial charge is 0.481 e. The van der Waals surface area contributed by atoms with Gasteiger partial charge in [0.15, 0.2) is 5.60 Å². The summed E-state index contributed by atoms with van der Waals surface area (Å²) in [7, 11) is 0. The molecule has 2 aromatic carbocycles. The quantitative estimate of drug-likeness (QED) is 0.114. The van der Waals surface area contributed by atoms with E-state index in [2.05, 4.69) is 102 Å². The first-order valence-corrected chi connectivity index (χ1v) is 16.0. The topological polar surface area (TPSA) is 135 Å². The second-order valence-corrected chi connectivity index (χ2v) is 12.4. The third-order valence-corrected chi connectivity index (χ3v) is 8.86. The van der Waals surface area contributed by atoms with Crippen LogP contribution in [0.3, 0.4) is 0 Å². The Kier molecular flexibility index (Phi) is 17.2. The Labute approximate surface area is 253 Å². The van der Waals surface area contributed by atoms with Crippen LogP contribution in [0.2, 0.25) is 0 Å². The number of carboxylic acid groups (broad SMARTS) is 3. The molecule has 0 aliphatic carbocycles. The average molecular weight is 659 g/mol. The summed E-state index contributed by atoms with van der Waals surface area (Å²) in [5, 5.41) is 34.2. The first kappa shape index (κ1) is 36.0. The number of rotatable bonds is 17. The van der Waals surface area contributed by atoms with Gasteiger partial charge in [-0.1, -0.05) is 67.4 Å². The summed E-state index contributed by atoms with van der Waals surface area (Å²) in [4.78, 5) is 34.4. The van der Waals surface area contributed by atoms with E-state index in [-0.39, 0.29) is 0 Å². The van der Waals surface area contributed by atoms with Crippen LogP contribution in [0.25, 0.3) is 0 Å². The number of unbranched alkanes of at least 4 members (excludes halogenated alkanes) is 1. The van der Waals surface area contributed by atoms with Crippen molar-refractivity contribution >= 4 is 57.4 Å². The number of carboxylic acids is 3. The van der Waals surface area contributed by atoms with E-state index >= 15 is 0 Å². The molecule has 2 rings (SSSR count). The predicted octanol–water partition coefficient (Wildman–Crippen LogP) is 6.26. The molecule has 8 nitrogen and oxygen atoms in total. The molecule has 0 saturated carbocycles. The van der Waals surface area contributed by atoms with Gasteiger partial charge in [0.05, 0.1) is 18.1 Å². The normalized spacial score (nSPS) is 11.9. The molecule has 1 unspecified atom stereocenters. The molecule has 0 saturated heterocycles. The van der Waals surface area contributed by atoms with Gasteiger partial charge in [0.1, 0.15) is 0 Å². The first-order chi connectivity index (χ1) is 18.9. The Bertz CT molecular complexity index is 1050. The Morgan fingerprint density at radius 2 is 1.50 bits per heavy atom. The maximum absolute atomic E-state index is 10.3. The van der Waals surface area contributed by atoms with E-state index in [4.69, 9.17) is 20.4 Å². The van der Waals surface area contributed by atoms with Crippen molar-refractivity contribution in [3.8, 4) is 0 Å². The average Bonchev–Trinajstić information content (AvgIpc) is 2.89. The number of carbonyl (C=O) groups is 3. The van der Waals surface area contributed by atoms with Crippen LogP contribution < -0.4 is 0 Å². The number of hydrogen-bond donors (Lipinski definition) is 4. The highest BCUT2D eigenvalue weighted by Gasteiger charge is 2.40. The fourth-order valence-electron chi connectivity index (χ4n) is 3.68. The van der Waals surface area contributed by atoms with Crippen molar-refractivity contribution in [2.75, 3.05) is 31.1 Å². The molecule has 0 heterocycles. The molecule has 0 spiro atoms. The van der Waals surface area contributed by atoms with E-state index < -0.39 is 36.4 Å². The van der Waals surface area contributed by atoms with Crippen LogP contribution in [0.1, 0.15) is 62.8 Å². The van der Waals surface area contributed by atoms with E-state index in [1.54, 1.807) is 0 Å². The first-order valence-electron chi connectivity index (χ1n) is 13.2. The maximum atomic E-state index is 10.3. The fourth-order valence-corrected chi connectivity index (χ4v) is 6.38. The molecule has 0 bridgehead atoms. The molecule has 222 valence electrons. The second kappa shape index (κ2) is 19.1. The number of aliphatic carboxylic acids is 3. The van der Waals surface area contributed by atoms with Crippen molar-refractivity contribution in [3.05, 3.63) is 64.1 Å². The van der Waals surface area contributed by atoms with Crippen molar-refractivity contribution in [1.29, 1.82) is 0 Å². The Morgan fingerprint density at radius 1 is 0.900 bits per heavy atom. The van der Waals surface area contributed by atoms with Crippen LogP contribution in [-0.2, 0) is 14.4 Å². The molecule has 40 heavy (non-hydrogen) atoms. The van der Waals surface area contributed by atoms with Crippen LogP contribution in [0.5, 0.6) is 0 Å². The summed E-state index contributed by atoms with van der Waals surface area (Å²) in [5.74, 6) is -2.66. The van der Waals surface area contributed by atoms with Gasteiger partial charge in [-0.05, 0) is 60.7 Å². The molecule has 0 fully saturated rings. The van der Waals surface area contributed by atoms with E-state index in [9.17, 15) is 14.4 Å². The zero-order chi connectivity index (χ0) is 30.1. The number of thioether (sulfide) groups is 2. The van der Waals surface area contributed by atoms with Gasteiger partial charge >= 0.3 is 17.9 Å². The van der Waals surface area contributed by atoms with Gasteiger partial charge in [0.25, 0.3) is 0 Å². The highest BCUT2D eigenvalue weighted by molar-refractivity contribution is 9.10. The van der Waals surface area contributed by atoms with Gasteiger partial charge in [-0.25, -0.2) is 4.79 Å². The van der Waals surface area contributed by atoms with Crippen LogP contribution in [0.4, 0.5) is 0 Å². The Balaban J connectivity index is 0.000000520. The minimum atomic E-state index is -2.74. The molecule has 1 atom stereocenters. The van der Waals surface area contributed by atoms with Crippen LogP contribution >= 0.6 is 39.5 Å². The molecule has 4 N–H and O–H groups in total. The SMILES string of the molecule is CCCCSc1ccc(C(SCCN(CC)CC)c2cccc(Br)c2)cc1.O=C(O)CC(O)(CC(=O)O)C(=O)O. The van der Waals surface area contributed by atoms with Crippen molar-refractivity contribution in [2.24, 2.45) is 0 Å². The highest BCUT2D eigenvalue weighted by atomic mass is 79.9. The standard InChI is InChI=1S/C23H32BrNS2.C6H8O7/c1-4-7-16-26-22-13-11-19(12-14-22)23(20-9-8-10-21(24)18-20)27-17-15-25(5-2)6-3;7-3(8)1-6(13,5(11)12)2-4(9)10/h8-14,18,23H,4-7,15-17H2,1-3H3;13H,1-2H2,(H,7,8)(H,9,10)(H,11,12). The molecule has 2 aromatic rings. The number of hydrogen-bond acceptors (Lipinski definition) is 7. The highest BCUT2D eigenvalue weighted by Crippen LogP contribution is 2.37. The van der Waals surface area contributed by atoms with E-state index in [0.29, 0.717) is 5.25 Å². The van der Waals surface area contributed by atoms with Gasteiger partial charge in [-0.15, -0.1) is 23.5 Å². The molecular formula is C29H40BrNO7S2. The van der Waals surface area contributed by atoms with Crippen molar-refractivity contribution in [1.82, 2.24) is 4.90 Å². The monoisotopic (exact) mass is 657 g/mol. The van der Waals surface area contributed by atoms with E-state index in [0.717, 1.165) is 29.9 Å². The zero-order valence-electron chi connectivity index (χ0n) is 23.2. The molecule has 0 aliphatic rings. The summed E-state index contributed by atoms with van der Waals surface area (Å²) < 4.78 is 1.15. The molecule has 0 aliphatic heterocycles. The molecule has 0 aromatic heterocycles. The lowest BCUT2D eigenvalue weighted by atomic mass is 9.96. The lowest BCUT2D eigenvalue weighted by Gasteiger charge is -2.22. The van der Waals surface area contributed by atoms with Crippen molar-refractivity contribution in [2.45, 2.75) is 62.2 Å². The molecular weight excluding hydrogens is 618 g/mol. The Hall–Kier alpha value is -2.05. The van der Waals surface area contributed by atoms with Crippen molar-refractivity contribution in [3.63, 3.8) is 0 Å². The summed E-state index contributed by atoms with van der Waals surface area (Å²) >= 11 is 7.67. The van der Waals surface area contributed by atoms with Gasteiger partial charge in [-0.2, -0.15) is 0 Å². The van der Waals surface area contributed by atoms with Crippen molar-refractivity contribution < 1.29 is 34.8 Å². The molecule has 0 amide bonds. The number of aliphatic hydroxyl groups is 1.